The Balaban J connectivity index is 1.08. The van der Waals surface area contributed by atoms with Crippen LogP contribution in [0.15, 0.2) is 188 Å². The van der Waals surface area contributed by atoms with Gasteiger partial charge in [0.15, 0.2) is 0 Å². The van der Waals surface area contributed by atoms with Crippen molar-refractivity contribution in [1.82, 2.24) is 13.7 Å². The molecular formula is C48H31N3. The number of hydrogen-bond donors (Lipinski definition) is 0. The molecule has 0 saturated carbocycles. The Labute approximate surface area is 294 Å². The Kier molecular flexibility index (Phi) is 5.96. The minimum absolute atomic E-state index is 1.14. The predicted molar refractivity (Wildman–Crippen MR) is 215 cm³/mol. The first-order valence-electron chi connectivity index (χ1n) is 17.5. The summed E-state index contributed by atoms with van der Waals surface area (Å²) in [6, 6.07) is 68.4. The van der Waals surface area contributed by atoms with Gasteiger partial charge in [-0.15, -0.1) is 0 Å². The van der Waals surface area contributed by atoms with Crippen LogP contribution in [0.5, 0.6) is 0 Å². The molecule has 0 radical (unpaired) electrons. The lowest BCUT2D eigenvalue weighted by molar-refractivity contribution is 1.14. The summed E-state index contributed by atoms with van der Waals surface area (Å²) in [6.07, 6.45) is 0. The molecule has 0 saturated heterocycles. The number of hydrogen-bond acceptors (Lipinski definition) is 0. The van der Waals surface area contributed by atoms with Crippen LogP contribution in [0.25, 0.3) is 93.6 Å². The minimum Gasteiger partial charge on any atom is -0.309 e. The fourth-order valence-electron chi connectivity index (χ4n) is 8.39. The number of nitrogens with zero attached hydrogens (tertiary/aromatic N) is 3. The van der Waals surface area contributed by atoms with E-state index in [1.54, 1.807) is 0 Å². The second-order valence-corrected chi connectivity index (χ2v) is 13.4. The number of rotatable bonds is 4. The number of para-hydroxylation sites is 5. The van der Waals surface area contributed by atoms with Crippen molar-refractivity contribution in [2.45, 2.75) is 0 Å². The van der Waals surface area contributed by atoms with Gasteiger partial charge in [-0.2, -0.15) is 0 Å². The third-order valence-electron chi connectivity index (χ3n) is 10.6. The fourth-order valence-corrected chi connectivity index (χ4v) is 8.39. The first kappa shape index (κ1) is 28.0. The molecule has 11 rings (SSSR count). The van der Waals surface area contributed by atoms with E-state index in [0.29, 0.717) is 0 Å². The molecule has 0 aliphatic carbocycles. The molecule has 0 unspecified atom stereocenters. The van der Waals surface area contributed by atoms with Gasteiger partial charge in [0, 0.05) is 49.4 Å². The molecule has 8 aromatic carbocycles. The SMILES string of the molecule is c1ccc(-n2c3ccccc3c3cc(-c4ccc5c6ccccc6n(-c6ccc(-n7c8ccccc8c8ccccc87)cc6)c5c4)ccc32)cc1. The van der Waals surface area contributed by atoms with Gasteiger partial charge in [0.05, 0.1) is 33.1 Å². The maximum atomic E-state index is 2.42. The van der Waals surface area contributed by atoms with Crippen LogP contribution in [0.2, 0.25) is 0 Å². The van der Waals surface area contributed by atoms with Crippen molar-refractivity contribution in [2.24, 2.45) is 0 Å². The summed E-state index contributed by atoms with van der Waals surface area (Å²) in [5.41, 5.74) is 13.2. The summed E-state index contributed by atoms with van der Waals surface area (Å²) in [7, 11) is 0. The van der Waals surface area contributed by atoms with E-state index in [9.17, 15) is 0 Å². The van der Waals surface area contributed by atoms with Crippen LogP contribution in [-0.4, -0.2) is 13.7 Å². The molecule has 0 amide bonds. The Morgan fingerprint density at radius 2 is 0.569 bits per heavy atom. The van der Waals surface area contributed by atoms with Gasteiger partial charge in [-0.05, 0) is 90.0 Å². The minimum atomic E-state index is 1.14. The van der Waals surface area contributed by atoms with Crippen molar-refractivity contribution in [1.29, 1.82) is 0 Å². The van der Waals surface area contributed by atoms with Crippen molar-refractivity contribution in [3.8, 4) is 28.2 Å². The van der Waals surface area contributed by atoms with Gasteiger partial charge in [-0.3, -0.25) is 0 Å². The Morgan fingerprint density at radius 1 is 0.216 bits per heavy atom. The number of benzene rings is 8. The van der Waals surface area contributed by atoms with E-state index in [1.807, 2.05) is 0 Å². The smallest absolute Gasteiger partial charge is 0.0547 e. The Hall–Kier alpha value is -6.84. The van der Waals surface area contributed by atoms with Crippen LogP contribution in [0.4, 0.5) is 0 Å². The molecule has 0 atom stereocenters. The summed E-state index contributed by atoms with van der Waals surface area (Å²) >= 11 is 0. The van der Waals surface area contributed by atoms with Gasteiger partial charge >= 0.3 is 0 Å². The normalized spacial score (nSPS) is 11.9. The highest BCUT2D eigenvalue weighted by Gasteiger charge is 2.17. The fraction of sp³-hybridized carbons (Fsp3) is 0. The zero-order valence-corrected chi connectivity index (χ0v) is 27.7. The van der Waals surface area contributed by atoms with Crippen LogP contribution in [0, 0.1) is 0 Å². The van der Waals surface area contributed by atoms with Gasteiger partial charge in [-0.25, -0.2) is 0 Å². The standard InChI is InChI=1S/C48H31N3/c1-2-12-34(13-3-1)49-46-21-11-7-17-40(46)42-30-32(23-29-47(42)49)33-22-28-41-39-16-6-10-20-45(39)51(48(41)31-33)36-26-24-35(25-27-36)50-43-18-8-4-14-37(43)38-15-5-9-19-44(38)50/h1-31H. The van der Waals surface area contributed by atoms with Crippen LogP contribution < -0.4 is 0 Å². The van der Waals surface area contributed by atoms with Crippen molar-refractivity contribution in [3.05, 3.63) is 188 Å². The predicted octanol–water partition coefficient (Wildman–Crippen LogP) is 12.6. The van der Waals surface area contributed by atoms with Gasteiger partial charge in [0.1, 0.15) is 0 Å². The summed E-state index contributed by atoms with van der Waals surface area (Å²) < 4.78 is 7.17. The molecule has 0 spiro atoms. The van der Waals surface area contributed by atoms with Crippen LogP contribution >= 0.6 is 0 Å². The highest BCUT2D eigenvalue weighted by atomic mass is 15.0. The highest BCUT2D eigenvalue weighted by molar-refractivity contribution is 6.13. The zero-order valence-electron chi connectivity index (χ0n) is 27.7. The zero-order chi connectivity index (χ0) is 33.5. The molecule has 3 heteroatoms. The van der Waals surface area contributed by atoms with Gasteiger partial charge in [0.25, 0.3) is 0 Å². The lowest BCUT2D eigenvalue weighted by atomic mass is 10.0. The third kappa shape index (κ3) is 4.12. The second-order valence-electron chi connectivity index (χ2n) is 13.4. The van der Waals surface area contributed by atoms with E-state index in [4.69, 9.17) is 0 Å². The number of aromatic nitrogens is 3. The molecule has 3 heterocycles. The van der Waals surface area contributed by atoms with Gasteiger partial charge in [-0.1, -0.05) is 109 Å². The molecule has 0 bridgehead atoms. The lowest BCUT2D eigenvalue weighted by Gasteiger charge is -2.12. The lowest BCUT2D eigenvalue weighted by Crippen LogP contribution is -1.97. The van der Waals surface area contributed by atoms with Crippen LogP contribution in [0.3, 0.4) is 0 Å². The summed E-state index contributed by atoms with van der Waals surface area (Å²) in [4.78, 5) is 0. The second kappa shape index (κ2) is 10.8. The van der Waals surface area contributed by atoms with E-state index in [0.717, 1.165) is 11.4 Å². The maximum Gasteiger partial charge on any atom is 0.0547 e. The Morgan fingerprint density at radius 3 is 1.10 bits per heavy atom. The van der Waals surface area contributed by atoms with E-state index >= 15 is 0 Å². The molecule has 0 aliphatic rings. The third-order valence-corrected chi connectivity index (χ3v) is 10.6. The monoisotopic (exact) mass is 649 g/mol. The summed E-state index contributed by atoms with van der Waals surface area (Å²) in [5.74, 6) is 0. The molecule has 3 aromatic heterocycles. The van der Waals surface area contributed by atoms with Crippen LogP contribution in [0.1, 0.15) is 0 Å². The first-order valence-corrected chi connectivity index (χ1v) is 17.5. The van der Waals surface area contributed by atoms with E-state index in [1.165, 1.54) is 82.2 Å². The molecule has 0 fully saturated rings. The molecule has 3 nitrogen and oxygen atoms in total. The van der Waals surface area contributed by atoms with E-state index in [-0.39, 0.29) is 0 Å². The van der Waals surface area contributed by atoms with Crippen molar-refractivity contribution in [3.63, 3.8) is 0 Å². The molecule has 238 valence electrons. The number of fused-ring (bicyclic) bond motifs is 9. The van der Waals surface area contributed by atoms with Gasteiger partial charge < -0.3 is 13.7 Å². The van der Waals surface area contributed by atoms with Gasteiger partial charge in [0.2, 0.25) is 0 Å². The molecule has 11 aromatic rings. The van der Waals surface area contributed by atoms with Crippen molar-refractivity contribution < 1.29 is 0 Å². The first-order chi connectivity index (χ1) is 25.3. The van der Waals surface area contributed by atoms with Crippen molar-refractivity contribution in [2.75, 3.05) is 0 Å². The Bertz CT molecular complexity index is 3070. The molecular weight excluding hydrogens is 619 g/mol. The molecule has 0 aliphatic heterocycles. The largest absolute Gasteiger partial charge is 0.309 e. The van der Waals surface area contributed by atoms with E-state index < -0.39 is 0 Å². The molecule has 51 heavy (non-hydrogen) atoms. The highest BCUT2D eigenvalue weighted by Crippen LogP contribution is 2.39. The summed E-state index contributed by atoms with van der Waals surface area (Å²) in [6.45, 7) is 0. The van der Waals surface area contributed by atoms with Crippen LogP contribution in [-0.2, 0) is 0 Å². The average molecular weight is 650 g/mol. The maximum absolute atomic E-state index is 2.42. The van der Waals surface area contributed by atoms with E-state index in [2.05, 4.69) is 202 Å². The molecule has 0 N–H and O–H groups in total. The average Bonchev–Trinajstić information content (AvgIpc) is 3.84. The quantitative estimate of drug-likeness (QED) is 0.180. The topological polar surface area (TPSA) is 14.8 Å². The summed E-state index contributed by atoms with van der Waals surface area (Å²) in [5, 5.41) is 7.57. The van der Waals surface area contributed by atoms with Crippen molar-refractivity contribution >= 4 is 65.4 Å².